The van der Waals surface area contributed by atoms with Gasteiger partial charge in [0.05, 0.1) is 0 Å². The molecule has 2 aliphatic rings. The Morgan fingerprint density at radius 2 is 2.00 bits per heavy atom. The molecule has 0 radical (unpaired) electrons. The van der Waals surface area contributed by atoms with Gasteiger partial charge in [-0.1, -0.05) is 0 Å². The molecule has 0 saturated carbocycles. The van der Waals surface area contributed by atoms with Gasteiger partial charge in [0.1, 0.15) is 25.7 Å². The van der Waals surface area contributed by atoms with Crippen molar-refractivity contribution in [2.45, 2.75) is 6.42 Å². The first-order valence-corrected chi connectivity index (χ1v) is 7.65. The molecule has 2 aliphatic heterocycles. The molecule has 1 N–H and O–H groups in total. The lowest BCUT2D eigenvalue weighted by Crippen LogP contribution is -2.40. The van der Waals surface area contributed by atoms with E-state index in [0.717, 1.165) is 4.90 Å². The number of hydrogen-bond acceptors (Lipinski definition) is 5. The van der Waals surface area contributed by atoms with Gasteiger partial charge in [-0.3, -0.25) is 14.4 Å². The van der Waals surface area contributed by atoms with E-state index in [4.69, 9.17) is 14.6 Å². The van der Waals surface area contributed by atoms with Gasteiger partial charge in [-0.25, -0.2) is 0 Å². The fourth-order valence-corrected chi connectivity index (χ4v) is 2.91. The number of amides is 2. The summed E-state index contributed by atoms with van der Waals surface area (Å²) in [5.41, 5.74) is 0.639. The molecule has 1 saturated heterocycles. The molecule has 0 aliphatic carbocycles. The summed E-state index contributed by atoms with van der Waals surface area (Å²) >= 11 is 0. The molecular weight excluding hydrogens is 316 g/mol. The third-order valence-corrected chi connectivity index (χ3v) is 4.09. The second-order valence-corrected chi connectivity index (χ2v) is 5.75. The minimum atomic E-state index is -1.11. The van der Waals surface area contributed by atoms with Crippen LogP contribution in [0.4, 0.5) is 5.69 Å². The summed E-state index contributed by atoms with van der Waals surface area (Å²) in [4.78, 5) is 38.1. The van der Waals surface area contributed by atoms with Gasteiger partial charge in [-0.2, -0.15) is 0 Å². The number of carboxylic acids is 1. The topological polar surface area (TPSA) is 96.4 Å². The van der Waals surface area contributed by atoms with Crippen molar-refractivity contribution in [2.75, 3.05) is 38.3 Å². The Balaban J connectivity index is 1.74. The molecule has 128 valence electrons. The van der Waals surface area contributed by atoms with Crippen LogP contribution < -0.4 is 14.4 Å². The van der Waals surface area contributed by atoms with Crippen LogP contribution in [0.2, 0.25) is 0 Å². The summed E-state index contributed by atoms with van der Waals surface area (Å²) in [5, 5.41) is 8.77. The summed E-state index contributed by atoms with van der Waals surface area (Å²) in [7, 11) is 1.39. The number of nitrogens with zero attached hydrogens (tertiary/aromatic N) is 2. The Labute approximate surface area is 138 Å². The third kappa shape index (κ3) is 2.99. The minimum absolute atomic E-state index is 0.325. The van der Waals surface area contributed by atoms with E-state index in [2.05, 4.69) is 0 Å². The molecule has 0 bridgehead atoms. The number of aliphatic carboxylic acids is 1. The average Bonchev–Trinajstić information content (AvgIpc) is 2.94. The maximum absolute atomic E-state index is 12.6. The van der Waals surface area contributed by atoms with Crippen molar-refractivity contribution in [3.05, 3.63) is 18.2 Å². The van der Waals surface area contributed by atoms with Crippen molar-refractivity contribution in [1.29, 1.82) is 0 Å². The summed E-state index contributed by atoms with van der Waals surface area (Å²) < 4.78 is 11.0. The molecule has 24 heavy (non-hydrogen) atoms. The maximum atomic E-state index is 12.6. The Hall–Kier alpha value is -2.77. The number of rotatable bonds is 4. The molecule has 1 aromatic carbocycles. The van der Waals surface area contributed by atoms with Crippen molar-refractivity contribution >= 4 is 23.5 Å². The first-order chi connectivity index (χ1) is 11.5. The smallest absolute Gasteiger partial charge is 0.323 e. The molecule has 1 unspecified atom stereocenters. The van der Waals surface area contributed by atoms with Crippen LogP contribution in [-0.4, -0.2) is 61.1 Å². The normalized spacial score (nSPS) is 19.3. The Morgan fingerprint density at radius 1 is 1.29 bits per heavy atom. The molecule has 0 spiro atoms. The lowest BCUT2D eigenvalue weighted by Gasteiger charge is -2.22. The maximum Gasteiger partial charge on any atom is 0.323 e. The van der Waals surface area contributed by atoms with Crippen molar-refractivity contribution in [3.8, 4) is 11.5 Å². The molecule has 2 amide bonds. The van der Waals surface area contributed by atoms with Gasteiger partial charge >= 0.3 is 5.97 Å². The number of carboxylic acid groups (broad SMARTS) is 1. The molecule has 1 fully saturated rings. The highest BCUT2D eigenvalue weighted by atomic mass is 16.6. The zero-order valence-corrected chi connectivity index (χ0v) is 13.2. The molecule has 8 nitrogen and oxygen atoms in total. The molecular formula is C16H18N2O6. The SMILES string of the molecule is CN(CC(=O)O)C(=O)C1CCN(c2ccc3c(c2)OCCO3)C1=O. The van der Waals surface area contributed by atoms with E-state index in [1.54, 1.807) is 18.2 Å². The van der Waals surface area contributed by atoms with E-state index < -0.39 is 24.3 Å². The molecule has 2 heterocycles. The van der Waals surface area contributed by atoms with Crippen LogP contribution in [0.1, 0.15) is 6.42 Å². The molecule has 0 aromatic heterocycles. The van der Waals surface area contributed by atoms with Gasteiger partial charge < -0.3 is 24.4 Å². The summed E-state index contributed by atoms with van der Waals surface area (Å²) in [6.45, 7) is 0.912. The monoisotopic (exact) mass is 334 g/mol. The van der Waals surface area contributed by atoms with Gasteiger partial charge in [0.2, 0.25) is 11.8 Å². The number of anilines is 1. The Bertz CT molecular complexity index is 689. The van der Waals surface area contributed by atoms with E-state index in [1.807, 2.05) is 0 Å². The van der Waals surface area contributed by atoms with Gasteiger partial charge in [0, 0.05) is 25.3 Å². The van der Waals surface area contributed by atoms with Crippen LogP contribution in [0.25, 0.3) is 0 Å². The standard InChI is InChI=1S/C16H18N2O6/c1-17(9-14(19)20)15(21)11-4-5-18(16(11)22)10-2-3-12-13(8-10)24-7-6-23-12/h2-3,8,11H,4-7,9H2,1H3,(H,19,20). The van der Waals surface area contributed by atoms with Crippen LogP contribution in [0.3, 0.4) is 0 Å². The molecule has 1 atom stereocenters. The highest BCUT2D eigenvalue weighted by molar-refractivity contribution is 6.10. The fourth-order valence-electron chi connectivity index (χ4n) is 2.91. The van der Waals surface area contributed by atoms with Gasteiger partial charge in [0.15, 0.2) is 11.5 Å². The van der Waals surface area contributed by atoms with E-state index in [0.29, 0.717) is 43.4 Å². The summed E-state index contributed by atoms with van der Waals surface area (Å²) in [6.07, 6.45) is 0.357. The second kappa shape index (κ2) is 6.38. The van der Waals surface area contributed by atoms with Crippen LogP contribution in [-0.2, 0) is 14.4 Å². The van der Waals surface area contributed by atoms with E-state index >= 15 is 0 Å². The zero-order chi connectivity index (χ0) is 17.3. The van der Waals surface area contributed by atoms with Gasteiger partial charge in [0.25, 0.3) is 0 Å². The van der Waals surface area contributed by atoms with E-state index in [-0.39, 0.29) is 5.91 Å². The van der Waals surface area contributed by atoms with E-state index in [9.17, 15) is 14.4 Å². The van der Waals surface area contributed by atoms with Crippen molar-refractivity contribution < 1.29 is 29.0 Å². The van der Waals surface area contributed by atoms with Crippen LogP contribution in [0.5, 0.6) is 11.5 Å². The number of likely N-dealkylation sites (N-methyl/N-ethyl adjacent to an activating group) is 1. The van der Waals surface area contributed by atoms with Crippen LogP contribution >= 0.6 is 0 Å². The molecule has 3 rings (SSSR count). The van der Waals surface area contributed by atoms with Gasteiger partial charge in [-0.15, -0.1) is 0 Å². The summed E-state index contributed by atoms with van der Waals surface area (Å²) in [6, 6.07) is 5.21. The highest BCUT2D eigenvalue weighted by Gasteiger charge is 2.39. The van der Waals surface area contributed by atoms with E-state index in [1.165, 1.54) is 11.9 Å². The van der Waals surface area contributed by atoms with Gasteiger partial charge in [-0.05, 0) is 18.6 Å². The third-order valence-electron chi connectivity index (χ3n) is 4.09. The number of ether oxygens (including phenoxy) is 2. The predicted octanol–water partition coefficient (Wildman–Crippen LogP) is 0.354. The largest absolute Gasteiger partial charge is 0.486 e. The van der Waals surface area contributed by atoms with Crippen LogP contribution in [0, 0.1) is 5.92 Å². The number of carbonyl (C=O) groups is 3. The van der Waals surface area contributed by atoms with Crippen molar-refractivity contribution in [2.24, 2.45) is 5.92 Å². The van der Waals surface area contributed by atoms with Crippen molar-refractivity contribution in [3.63, 3.8) is 0 Å². The zero-order valence-electron chi connectivity index (χ0n) is 13.2. The average molecular weight is 334 g/mol. The second-order valence-electron chi connectivity index (χ2n) is 5.75. The predicted molar refractivity (Wildman–Crippen MR) is 83.2 cm³/mol. The Kier molecular flexibility index (Phi) is 4.28. The highest BCUT2D eigenvalue weighted by Crippen LogP contribution is 2.36. The number of carbonyl (C=O) groups excluding carboxylic acids is 2. The first kappa shape index (κ1) is 16.1. The van der Waals surface area contributed by atoms with Crippen LogP contribution in [0.15, 0.2) is 18.2 Å². The number of benzene rings is 1. The first-order valence-electron chi connectivity index (χ1n) is 7.65. The minimum Gasteiger partial charge on any atom is -0.486 e. The molecule has 1 aromatic rings. The number of fused-ring (bicyclic) bond motifs is 1. The molecule has 8 heteroatoms. The summed E-state index contributed by atoms with van der Waals surface area (Å²) in [5.74, 6) is -1.55. The lowest BCUT2D eigenvalue weighted by atomic mass is 10.1. The fraction of sp³-hybridized carbons (Fsp3) is 0.438. The Morgan fingerprint density at radius 3 is 2.71 bits per heavy atom. The lowest BCUT2D eigenvalue weighted by molar-refractivity contribution is -0.146. The number of hydrogen-bond donors (Lipinski definition) is 1. The quantitative estimate of drug-likeness (QED) is 0.799. The van der Waals surface area contributed by atoms with Crippen molar-refractivity contribution in [1.82, 2.24) is 4.90 Å².